The molecular formula is C16H23NO3. The summed E-state index contributed by atoms with van der Waals surface area (Å²) in [5.41, 5.74) is 1.35. The Bertz CT molecular complexity index is 494. The van der Waals surface area contributed by atoms with Gasteiger partial charge in [-0.15, -0.1) is 0 Å². The molecule has 1 rings (SSSR count). The van der Waals surface area contributed by atoms with Crippen molar-refractivity contribution in [1.82, 2.24) is 5.32 Å². The summed E-state index contributed by atoms with van der Waals surface area (Å²) in [5.74, 6) is -1.18. The van der Waals surface area contributed by atoms with E-state index in [1.807, 2.05) is 38.1 Å². The van der Waals surface area contributed by atoms with Gasteiger partial charge < -0.3 is 10.4 Å². The van der Waals surface area contributed by atoms with Gasteiger partial charge in [0.05, 0.1) is 5.41 Å². The Balaban J connectivity index is 2.55. The number of hydrogen-bond donors (Lipinski definition) is 2. The maximum Gasteiger partial charge on any atom is 0.309 e. The molecule has 0 aliphatic rings. The lowest BCUT2D eigenvalue weighted by Gasteiger charge is -2.21. The van der Waals surface area contributed by atoms with Gasteiger partial charge in [0.1, 0.15) is 0 Å². The van der Waals surface area contributed by atoms with E-state index >= 15 is 0 Å². The molecule has 0 radical (unpaired) electrons. The van der Waals surface area contributed by atoms with Gasteiger partial charge in [0.15, 0.2) is 0 Å². The molecule has 1 aromatic rings. The van der Waals surface area contributed by atoms with Crippen LogP contribution < -0.4 is 5.32 Å². The van der Waals surface area contributed by atoms with E-state index in [2.05, 4.69) is 5.32 Å². The zero-order chi connectivity index (χ0) is 15.3. The molecule has 1 amide bonds. The topological polar surface area (TPSA) is 66.4 Å². The number of aliphatic carboxylic acids is 1. The van der Waals surface area contributed by atoms with Crippen molar-refractivity contribution in [2.75, 3.05) is 0 Å². The standard InChI is InChI=1S/C16H23NO3/c1-11-7-5-6-8-13(11)9-12(2)17-14(18)10-16(3,4)15(19)20/h5-8,12H,9-10H2,1-4H3,(H,17,18)(H,19,20). The first-order chi connectivity index (χ1) is 9.22. The van der Waals surface area contributed by atoms with Crippen molar-refractivity contribution in [3.8, 4) is 0 Å². The van der Waals surface area contributed by atoms with Gasteiger partial charge in [-0.05, 0) is 45.2 Å². The van der Waals surface area contributed by atoms with Crippen LogP contribution in [0.5, 0.6) is 0 Å². The first-order valence-corrected chi connectivity index (χ1v) is 6.79. The highest BCUT2D eigenvalue weighted by molar-refractivity contribution is 5.84. The molecule has 0 aliphatic carbocycles. The van der Waals surface area contributed by atoms with Crippen LogP contribution in [0.1, 0.15) is 38.3 Å². The first-order valence-electron chi connectivity index (χ1n) is 6.79. The van der Waals surface area contributed by atoms with Crippen molar-refractivity contribution < 1.29 is 14.7 Å². The second-order valence-electron chi connectivity index (χ2n) is 5.96. The summed E-state index contributed by atoms with van der Waals surface area (Å²) in [7, 11) is 0. The summed E-state index contributed by atoms with van der Waals surface area (Å²) < 4.78 is 0. The Morgan fingerprint density at radius 1 is 1.30 bits per heavy atom. The monoisotopic (exact) mass is 277 g/mol. The third-order valence-electron chi connectivity index (χ3n) is 3.38. The summed E-state index contributed by atoms with van der Waals surface area (Å²) in [6.07, 6.45) is 0.729. The number of nitrogens with one attached hydrogen (secondary N) is 1. The van der Waals surface area contributed by atoms with Gasteiger partial charge in [-0.25, -0.2) is 0 Å². The molecule has 1 atom stereocenters. The first kappa shape index (κ1) is 16.2. The van der Waals surface area contributed by atoms with Gasteiger partial charge in [0, 0.05) is 12.5 Å². The van der Waals surface area contributed by atoms with Crippen molar-refractivity contribution in [2.24, 2.45) is 5.41 Å². The minimum atomic E-state index is -1.04. The fraction of sp³-hybridized carbons (Fsp3) is 0.500. The Morgan fingerprint density at radius 3 is 2.45 bits per heavy atom. The molecule has 0 saturated carbocycles. The molecule has 0 spiro atoms. The molecule has 0 saturated heterocycles. The van der Waals surface area contributed by atoms with Crippen molar-refractivity contribution in [3.63, 3.8) is 0 Å². The predicted octanol–water partition coefficient (Wildman–Crippen LogP) is 2.54. The van der Waals surface area contributed by atoms with Gasteiger partial charge in [-0.2, -0.15) is 0 Å². The average molecular weight is 277 g/mol. The minimum Gasteiger partial charge on any atom is -0.481 e. The van der Waals surface area contributed by atoms with E-state index < -0.39 is 11.4 Å². The molecule has 0 aliphatic heterocycles. The van der Waals surface area contributed by atoms with E-state index in [1.54, 1.807) is 13.8 Å². The van der Waals surface area contributed by atoms with Crippen LogP contribution >= 0.6 is 0 Å². The van der Waals surface area contributed by atoms with E-state index in [4.69, 9.17) is 5.11 Å². The number of carbonyl (C=O) groups excluding carboxylic acids is 1. The molecule has 20 heavy (non-hydrogen) atoms. The van der Waals surface area contributed by atoms with E-state index in [-0.39, 0.29) is 18.4 Å². The van der Waals surface area contributed by atoms with Crippen molar-refractivity contribution in [3.05, 3.63) is 35.4 Å². The number of carbonyl (C=O) groups is 2. The fourth-order valence-corrected chi connectivity index (χ4v) is 2.02. The zero-order valence-corrected chi connectivity index (χ0v) is 12.6. The summed E-state index contributed by atoms with van der Waals surface area (Å²) in [6, 6.07) is 8.02. The Kier molecular flexibility index (Phi) is 5.31. The Labute approximate surface area is 120 Å². The van der Waals surface area contributed by atoms with Crippen LogP contribution in [-0.4, -0.2) is 23.0 Å². The molecule has 4 heteroatoms. The lowest BCUT2D eigenvalue weighted by Crippen LogP contribution is -2.38. The largest absolute Gasteiger partial charge is 0.481 e. The smallest absolute Gasteiger partial charge is 0.309 e. The van der Waals surface area contributed by atoms with Crippen LogP contribution in [0.4, 0.5) is 0 Å². The second kappa shape index (κ2) is 6.55. The molecule has 0 bridgehead atoms. The van der Waals surface area contributed by atoms with E-state index in [9.17, 15) is 9.59 Å². The predicted molar refractivity (Wildman–Crippen MR) is 78.5 cm³/mol. The lowest BCUT2D eigenvalue weighted by molar-refractivity contribution is -0.149. The molecule has 0 aromatic heterocycles. The number of amides is 1. The quantitative estimate of drug-likeness (QED) is 0.839. The van der Waals surface area contributed by atoms with Crippen molar-refractivity contribution in [1.29, 1.82) is 0 Å². The van der Waals surface area contributed by atoms with Gasteiger partial charge >= 0.3 is 5.97 Å². The highest BCUT2D eigenvalue weighted by atomic mass is 16.4. The summed E-state index contributed by atoms with van der Waals surface area (Å²) in [4.78, 5) is 22.9. The molecule has 0 heterocycles. The Hall–Kier alpha value is -1.84. The molecule has 2 N–H and O–H groups in total. The van der Waals surface area contributed by atoms with Gasteiger partial charge in [-0.1, -0.05) is 24.3 Å². The highest BCUT2D eigenvalue weighted by Crippen LogP contribution is 2.20. The van der Waals surface area contributed by atoms with E-state index in [1.165, 1.54) is 11.1 Å². The van der Waals surface area contributed by atoms with Crippen molar-refractivity contribution in [2.45, 2.75) is 46.6 Å². The third kappa shape index (κ3) is 4.68. The van der Waals surface area contributed by atoms with Crippen LogP contribution in [0.3, 0.4) is 0 Å². The number of rotatable bonds is 6. The minimum absolute atomic E-state index is 0.0134. The lowest BCUT2D eigenvalue weighted by atomic mass is 9.89. The van der Waals surface area contributed by atoms with Crippen LogP contribution in [-0.2, 0) is 16.0 Å². The average Bonchev–Trinajstić information content (AvgIpc) is 2.30. The number of benzene rings is 1. The maximum absolute atomic E-state index is 11.9. The van der Waals surface area contributed by atoms with Gasteiger partial charge in [-0.3, -0.25) is 9.59 Å². The van der Waals surface area contributed by atoms with E-state index in [0.717, 1.165) is 6.42 Å². The second-order valence-corrected chi connectivity index (χ2v) is 5.96. The van der Waals surface area contributed by atoms with Crippen LogP contribution in [0.15, 0.2) is 24.3 Å². The van der Waals surface area contributed by atoms with Crippen LogP contribution in [0.2, 0.25) is 0 Å². The zero-order valence-electron chi connectivity index (χ0n) is 12.6. The fourth-order valence-electron chi connectivity index (χ4n) is 2.02. The Morgan fingerprint density at radius 2 is 1.90 bits per heavy atom. The molecule has 1 unspecified atom stereocenters. The SMILES string of the molecule is Cc1ccccc1CC(C)NC(=O)CC(C)(C)C(=O)O. The number of aryl methyl sites for hydroxylation is 1. The maximum atomic E-state index is 11.9. The molecular weight excluding hydrogens is 254 g/mol. The highest BCUT2D eigenvalue weighted by Gasteiger charge is 2.30. The number of hydrogen-bond acceptors (Lipinski definition) is 2. The summed E-state index contributed by atoms with van der Waals surface area (Å²) in [5, 5.41) is 11.9. The van der Waals surface area contributed by atoms with Gasteiger partial charge in [0.2, 0.25) is 5.91 Å². The normalized spacial score (nSPS) is 12.8. The van der Waals surface area contributed by atoms with E-state index in [0.29, 0.717) is 0 Å². The van der Waals surface area contributed by atoms with Crippen LogP contribution in [0, 0.1) is 12.3 Å². The molecule has 110 valence electrons. The van der Waals surface area contributed by atoms with Gasteiger partial charge in [0.25, 0.3) is 0 Å². The summed E-state index contributed by atoms with van der Waals surface area (Å²) in [6.45, 7) is 7.08. The third-order valence-corrected chi connectivity index (χ3v) is 3.38. The van der Waals surface area contributed by atoms with Crippen molar-refractivity contribution >= 4 is 11.9 Å². The molecule has 4 nitrogen and oxygen atoms in total. The number of carboxylic acid groups (broad SMARTS) is 1. The summed E-state index contributed by atoms with van der Waals surface area (Å²) >= 11 is 0. The number of carboxylic acids is 1. The molecule has 1 aromatic carbocycles. The molecule has 0 fully saturated rings. The van der Waals surface area contributed by atoms with Crippen LogP contribution in [0.25, 0.3) is 0 Å².